The fraction of sp³-hybridized carbons (Fsp3) is 0.429. The van der Waals surface area contributed by atoms with Crippen LogP contribution in [0, 0.1) is 11.6 Å². The Balaban J connectivity index is 1.59. The van der Waals surface area contributed by atoms with Gasteiger partial charge in [0.15, 0.2) is 5.82 Å². The lowest BCUT2D eigenvalue weighted by Crippen LogP contribution is -2.61. The van der Waals surface area contributed by atoms with Gasteiger partial charge in [0.05, 0.1) is 43.7 Å². The molecule has 10 nitrogen and oxygen atoms in total. The minimum Gasteiger partial charge on any atom is -0.389 e. The molecule has 2 aromatic rings. The Morgan fingerprint density at radius 3 is 2.66 bits per heavy atom. The van der Waals surface area contributed by atoms with E-state index in [1.165, 1.54) is 22.0 Å². The summed E-state index contributed by atoms with van der Waals surface area (Å²) < 4.78 is 29.7. The number of carbonyl (C=O) groups excluding carboxylic acids is 1. The Morgan fingerprint density at radius 2 is 2.03 bits per heavy atom. The summed E-state index contributed by atoms with van der Waals surface area (Å²) in [7, 11) is 28.8. The summed E-state index contributed by atoms with van der Waals surface area (Å²) in [5.74, 6) is -1.36. The van der Waals surface area contributed by atoms with E-state index in [0.717, 1.165) is 18.2 Å². The van der Waals surface area contributed by atoms with Gasteiger partial charge in [-0.2, -0.15) is 5.10 Å². The fourth-order valence-corrected chi connectivity index (χ4v) is 4.41. The maximum absolute atomic E-state index is 14.5. The number of urea groups is 1. The molecule has 4 unspecified atom stereocenters. The van der Waals surface area contributed by atoms with Gasteiger partial charge in [0.25, 0.3) is 0 Å². The van der Waals surface area contributed by atoms with Gasteiger partial charge >= 0.3 is 6.03 Å². The number of nitrogens with zero attached hydrogens (tertiary/aromatic N) is 4. The van der Waals surface area contributed by atoms with Gasteiger partial charge < -0.3 is 30.9 Å². The summed E-state index contributed by atoms with van der Waals surface area (Å²) in [6.07, 6.45) is 0.0788. The maximum Gasteiger partial charge on any atom is 0.322 e. The van der Waals surface area contributed by atoms with Crippen molar-refractivity contribution in [2.45, 2.75) is 48.0 Å². The molecule has 1 aromatic heterocycles. The molecule has 0 aliphatic carbocycles. The molecule has 0 spiro atoms. The van der Waals surface area contributed by atoms with E-state index in [-0.39, 0.29) is 30.0 Å². The number of hydrogen-bond acceptors (Lipinski definition) is 7. The largest absolute Gasteiger partial charge is 0.389 e. The number of anilines is 2. The number of nitrogens with one attached hydrogen (secondary N) is 2. The summed E-state index contributed by atoms with van der Waals surface area (Å²) in [6, 6.07) is 1.67. The lowest BCUT2D eigenvalue weighted by atomic mass is 9.60. The van der Waals surface area contributed by atoms with Gasteiger partial charge in [0.1, 0.15) is 43.2 Å². The second-order valence-electron chi connectivity index (χ2n) is 9.27. The van der Waals surface area contributed by atoms with Gasteiger partial charge in [-0.1, -0.05) is 6.42 Å². The molecule has 2 amide bonds. The predicted molar refractivity (Wildman–Crippen MR) is 139 cm³/mol. The number of aliphatic hydroxyl groups excluding tert-OH is 2. The molecule has 2 aliphatic rings. The molecule has 2 aliphatic heterocycles. The lowest BCUT2D eigenvalue weighted by Gasteiger charge is -2.41. The van der Waals surface area contributed by atoms with E-state index < -0.39 is 59.3 Å². The van der Waals surface area contributed by atoms with Crippen molar-refractivity contribution in [1.29, 1.82) is 0 Å². The van der Waals surface area contributed by atoms with Crippen molar-refractivity contribution in [2.75, 3.05) is 17.2 Å². The van der Waals surface area contributed by atoms with Crippen LogP contribution >= 0.6 is 0 Å². The van der Waals surface area contributed by atoms with Crippen LogP contribution in [0.3, 0.4) is 0 Å². The smallest absolute Gasteiger partial charge is 0.322 e. The van der Waals surface area contributed by atoms with Crippen molar-refractivity contribution in [3.63, 3.8) is 0 Å². The summed E-state index contributed by atoms with van der Waals surface area (Å²) in [5, 5.41) is 39.1. The van der Waals surface area contributed by atoms with Crippen LogP contribution in [-0.2, 0) is 0 Å². The minimum absolute atomic E-state index is 0.0569. The third-order valence-electron chi connectivity index (χ3n) is 6.35. The molecule has 17 heteroatoms. The van der Waals surface area contributed by atoms with Gasteiger partial charge in [-0.05, 0) is 36.0 Å². The molecule has 188 valence electrons. The van der Waals surface area contributed by atoms with Crippen molar-refractivity contribution in [3.8, 4) is 0 Å². The average molecular weight is 513 g/mol. The minimum atomic E-state index is -2.55. The van der Waals surface area contributed by atoms with Crippen LogP contribution in [0.1, 0.15) is 24.6 Å². The molecule has 5 N–H and O–H groups in total. The van der Waals surface area contributed by atoms with E-state index in [0.29, 0.717) is 4.90 Å². The second kappa shape index (κ2) is 10.4. The first-order valence-corrected chi connectivity index (χ1v) is 11.5. The van der Waals surface area contributed by atoms with E-state index >= 15 is 0 Å². The van der Waals surface area contributed by atoms with Crippen molar-refractivity contribution in [2.24, 2.45) is 0 Å². The topological polar surface area (TPSA) is 126 Å². The zero-order valence-corrected chi connectivity index (χ0v) is 20.1. The third kappa shape index (κ3) is 5.38. The van der Waals surface area contributed by atoms with Crippen molar-refractivity contribution < 1.29 is 28.9 Å². The summed E-state index contributed by atoms with van der Waals surface area (Å²) >= 11 is 0. The summed E-state index contributed by atoms with van der Waals surface area (Å²) in [6.45, 7) is 0.0569. The average Bonchev–Trinajstić information content (AvgIpc) is 3.28. The molecular formula is C21H21B5F2N6O4. The van der Waals surface area contributed by atoms with Crippen LogP contribution in [0.25, 0.3) is 6.20 Å². The van der Waals surface area contributed by atoms with Gasteiger partial charge in [-0.25, -0.2) is 18.3 Å². The molecule has 0 bridgehead atoms. The highest BCUT2D eigenvalue weighted by Gasteiger charge is 2.53. The van der Waals surface area contributed by atoms with E-state index in [9.17, 15) is 28.9 Å². The summed E-state index contributed by atoms with van der Waals surface area (Å²) in [5.41, 5.74) is -3.53. The fourth-order valence-electron chi connectivity index (χ4n) is 4.41. The SMILES string of the molecule is [B]C([B])CCN(C1C=Cn2ncc(NC(=O)N3C([B])([B])CC(O)C3([B])O)c2N1)C(O)c1cc(F)ccc1F. The number of likely N-dealkylation sites (tertiary alicyclic amines) is 1. The Labute approximate surface area is 224 Å². The Bertz CT molecular complexity index is 1230. The quantitative estimate of drug-likeness (QED) is 0.244. The number of aromatic nitrogens is 2. The van der Waals surface area contributed by atoms with Crippen molar-refractivity contribution in [3.05, 3.63) is 47.7 Å². The first kappa shape index (κ1) is 28.3. The molecule has 4 rings (SSSR count). The molecule has 3 heterocycles. The number of carbonyl (C=O) groups is 1. The molecule has 38 heavy (non-hydrogen) atoms. The van der Waals surface area contributed by atoms with Crippen LogP contribution in [0.5, 0.6) is 0 Å². The Hall–Kier alpha value is -2.74. The van der Waals surface area contributed by atoms with E-state index in [1.807, 2.05) is 0 Å². The number of aliphatic hydroxyl groups is 3. The first-order chi connectivity index (χ1) is 17.7. The third-order valence-corrected chi connectivity index (χ3v) is 6.35. The zero-order chi connectivity index (χ0) is 28.0. The first-order valence-electron chi connectivity index (χ1n) is 11.5. The van der Waals surface area contributed by atoms with Gasteiger partial charge in [-0.15, -0.1) is 5.72 Å². The van der Waals surface area contributed by atoms with Gasteiger partial charge in [0.2, 0.25) is 0 Å². The molecular weight excluding hydrogens is 492 g/mol. The van der Waals surface area contributed by atoms with Crippen molar-refractivity contribution in [1.82, 2.24) is 19.6 Å². The monoisotopic (exact) mass is 514 g/mol. The van der Waals surface area contributed by atoms with Crippen LogP contribution in [0.15, 0.2) is 30.5 Å². The number of halogens is 2. The molecule has 1 aromatic carbocycles. The van der Waals surface area contributed by atoms with Crippen molar-refractivity contribution >= 4 is 63.0 Å². The highest BCUT2D eigenvalue weighted by Crippen LogP contribution is 2.36. The van der Waals surface area contributed by atoms with Gasteiger partial charge in [0, 0.05) is 18.3 Å². The number of rotatable bonds is 7. The van der Waals surface area contributed by atoms with Crippen LogP contribution in [0.2, 0.25) is 5.72 Å². The van der Waals surface area contributed by atoms with Gasteiger partial charge in [-0.3, -0.25) is 4.90 Å². The summed E-state index contributed by atoms with van der Waals surface area (Å²) in [4.78, 5) is 14.9. The molecule has 0 saturated carbocycles. The van der Waals surface area contributed by atoms with E-state index in [4.69, 9.17) is 39.2 Å². The van der Waals surface area contributed by atoms with Crippen LogP contribution < -0.4 is 10.6 Å². The lowest BCUT2D eigenvalue weighted by molar-refractivity contribution is -0.0567. The standard InChI is InChI=1S/C21H21B5F2N6O4/c22-15(23)3-5-32(18(36)11-7-10(27)1-2-12(11)28)16-4-6-33-17(31-16)13(9-29-33)30-19(37)34-20(24,25)8-14(35)21(34,26)38/h1-2,4,6-7,9,14-16,18,31,35-36,38H,3,5,8H2,(H,30,37). The number of hydrogen-bond donors (Lipinski definition) is 5. The Morgan fingerprint density at radius 1 is 1.32 bits per heavy atom. The zero-order valence-electron chi connectivity index (χ0n) is 20.1. The molecule has 1 fully saturated rings. The maximum atomic E-state index is 14.5. The number of benzene rings is 1. The number of amides is 2. The highest BCUT2D eigenvalue weighted by atomic mass is 19.1. The predicted octanol–water partition coefficient (Wildman–Crippen LogP) is -0.746. The number of fused-ring (bicyclic) bond motifs is 1. The normalized spacial score (nSPS) is 24.9. The van der Waals surface area contributed by atoms with E-state index in [2.05, 4.69) is 15.7 Å². The van der Waals surface area contributed by atoms with Crippen LogP contribution in [0.4, 0.5) is 25.1 Å². The Kier molecular flexibility index (Phi) is 7.77. The highest BCUT2D eigenvalue weighted by molar-refractivity contribution is 6.42. The van der Waals surface area contributed by atoms with Crippen LogP contribution in [-0.4, -0.2) is 110 Å². The molecule has 4 atom stereocenters. The molecule has 1 saturated heterocycles. The second-order valence-corrected chi connectivity index (χ2v) is 9.27. The van der Waals surface area contributed by atoms with E-state index in [1.54, 1.807) is 6.08 Å². The molecule has 10 radical (unpaired) electrons.